The van der Waals surface area contributed by atoms with Crippen LogP contribution in [-0.2, 0) is 11.3 Å². The minimum Gasteiger partial charge on any atom is -0.497 e. The molecule has 0 unspecified atom stereocenters. The van der Waals surface area contributed by atoms with Crippen LogP contribution < -0.4 is 10.1 Å². The van der Waals surface area contributed by atoms with Gasteiger partial charge in [0.25, 0.3) is 0 Å². The molecule has 0 spiro atoms. The summed E-state index contributed by atoms with van der Waals surface area (Å²) < 4.78 is 10.8. The fourth-order valence-corrected chi connectivity index (χ4v) is 2.70. The Labute approximate surface area is 168 Å². The molecule has 3 rings (SSSR count). The molecule has 1 amide bonds. The van der Waals surface area contributed by atoms with Crippen LogP contribution in [0.25, 0.3) is 11.5 Å². The molecule has 0 saturated carbocycles. The number of aromatic nitrogens is 2. The van der Waals surface area contributed by atoms with Crippen molar-refractivity contribution < 1.29 is 13.9 Å². The summed E-state index contributed by atoms with van der Waals surface area (Å²) in [6.07, 6.45) is 0. The first-order chi connectivity index (χ1) is 13.6. The van der Waals surface area contributed by atoms with Gasteiger partial charge < -0.3 is 14.5 Å². The molecule has 146 valence electrons. The molecule has 2 aromatic carbocycles. The summed E-state index contributed by atoms with van der Waals surface area (Å²) in [7, 11) is 1.60. The van der Waals surface area contributed by atoms with Crippen molar-refractivity contribution in [3.8, 4) is 17.2 Å². The van der Waals surface area contributed by atoms with Gasteiger partial charge in [0.1, 0.15) is 5.75 Å². The molecule has 1 heterocycles. The van der Waals surface area contributed by atoms with Crippen LogP contribution in [0.4, 0.5) is 5.69 Å². The Morgan fingerprint density at radius 3 is 2.50 bits per heavy atom. The Hall–Kier alpha value is -2.90. The zero-order chi connectivity index (χ0) is 19.9. The molecule has 0 aliphatic carbocycles. The van der Waals surface area contributed by atoms with E-state index in [1.807, 2.05) is 24.0 Å². The van der Waals surface area contributed by atoms with Gasteiger partial charge in [-0.05, 0) is 55.1 Å². The summed E-state index contributed by atoms with van der Waals surface area (Å²) in [4.78, 5) is 14.2. The van der Waals surface area contributed by atoms with Crippen LogP contribution in [0.2, 0.25) is 5.02 Å². The fourth-order valence-electron chi connectivity index (χ4n) is 2.58. The third-order valence-electron chi connectivity index (χ3n) is 4.11. The van der Waals surface area contributed by atoms with E-state index in [2.05, 4.69) is 15.5 Å². The maximum atomic E-state index is 12.3. The van der Waals surface area contributed by atoms with E-state index < -0.39 is 0 Å². The average molecular weight is 401 g/mol. The summed E-state index contributed by atoms with van der Waals surface area (Å²) in [5.41, 5.74) is 1.51. The zero-order valence-electron chi connectivity index (χ0n) is 15.7. The van der Waals surface area contributed by atoms with Gasteiger partial charge in [0, 0.05) is 16.3 Å². The third-order valence-corrected chi connectivity index (χ3v) is 4.36. The number of halogens is 1. The van der Waals surface area contributed by atoms with Gasteiger partial charge in [-0.25, -0.2) is 0 Å². The van der Waals surface area contributed by atoms with Crippen LogP contribution in [0.1, 0.15) is 12.8 Å². The first kappa shape index (κ1) is 19.9. The average Bonchev–Trinajstić information content (AvgIpc) is 3.17. The van der Waals surface area contributed by atoms with Gasteiger partial charge in [-0.2, -0.15) is 0 Å². The number of rotatable bonds is 8. The van der Waals surface area contributed by atoms with Crippen molar-refractivity contribution in [1.82, 2.24) is 15.1 Å². The lowest BCUT2D eigenvalue weighted by molar-refractivity contribution is -0.117. The molecule has 0 fully saturated rings. The van der Waals surface area contributed by atoms with E-state index in [1.165, 1.54) is 0 Å². The molecule has 28 heavy (non-hydrogen) atoms. The number of amides is 1. The lowest BCUT2D eigenvalue weighted by Crippen LogP contribution is -2.32. The van der Waals surface area contributed by atoms with Gasteiger partial charge in [0.15, 0.2) is 0 Å². The maximum absolute atomic E-state index is 12.3. The van der Waals surface area contributed by atoms with Crippen molar-refractivity contribution in [2.75, 3.05) is 25.5 Å². The zero-order valence-corrected chi connectivity index (χ0v) is 16.4. The van der Waals surface area contributed by atoms with Gasteiger partial charge >= 0.3 is 0 Å². The minimum atomic E-state index is -0.121. The first-order valence-electron chi connectivity index (χ1n) is 8.82. The maximum Gasteiger partial charge on any atom is 0.247 e. The number of likely N-dealkylation sites (N-methyl/N-ethyl adjacent to an activating group) is 1. The topological polar surface area (TPSA) is 80.5 Å². The smallest absolute Gasteiger partial charge is 0.247 e. The summed E-state index contributed by atoms with van der Waals surface area (Å²) in [5, 5.41) is 11.7. The Morgan fingerprint density at radius 1 is 1.14 bits per heavy atom. The molecule has 0 radical (unpaired) electrons. The van der Waals surface area contributed by atoms with Gasteiger partial charge in [0.2, 0.25) is 17.7 Å². The number of methoxy groups -OCH3 is 1. The van der Waals surface area contributed by atoms with Crippen LogP contribution >= 0.6 is 11.6 Å². The Kier molecular flexibility index (Phi) is 6.62. The summed E-state index contributed by atoms with van der Waals surface area (Å²) in [5.74, 6) is 1.49. The van der Waals surface area contributed by atoms with Crippen LogP contribution in [0.3, 0.4) is 0 Å². The molecule has 0 aliphatic rings. The number of nitrogens with zero attached hydrogens (tertiary/aromatic N) is 3. The monoisotopic (exact) mass is 400 g/mol. The van der Waals surface area contributed by atoms with E-state index in [9.17, 15) is 4.79 Å². The molecule has 0 atom stereocenters. The predicted molar refractivity (Wildman–Crippen MR) is 107 cm³/mol. The van der Waals surface area contributed by atoms with Crippen molar-refractivity contribution >= 4 is 23.2 Å². The number of benzene rings is 2. The van der Waals surface area contributed by atoms with Crippen LogP contribution in [0.5, 0.6) is 5.75 Å². The second-order valence-electron chi connectivity index (χ2n) is 6.09. The van der Waals surface area contributed by atoms with E-state index >= 15 is 0 Å². The van der Waals surface area contributed by atoms with Crippen LogP contribution in [0, 0.1) is 0 Å². The Morgan fingerprint density at radius 2 is 1.86 bits per heavy atom. The van der Waals surface area contributed by atoms with Crippen molar-refractivity contribution in [2.45, 2.75) is 13.5 Å². The highest BCUT2D eigenvalue weighted by atomic mass is 35.5. The molecule has 8 heteroatoms. The quantitative estimate of drug-likeness (QED) is 0.618. The van der Waals surface area contributed by atoms with Gasteiger partial charge in [0.05, 0.1) is 20.2 Å². The fraction of sp³-hybridized carbons (Fsp3) is 0.250. The molecular formula is C20H21ClN4O3. The number of anilines is 1. The number of hydrogen-bond donors (Lipinski definition) is 1. The summed E-state index contributed by atoms with van der Waals surface area (Å²) in [6, 6.07) is 14.4. The molecule has 0 saturated heterocycles. The second-order valence-corrected chi connectivity index (χ2v) is 6.52. The number of carbonyl (C=O) groups excluding carboxylic acids is 1. The lowest BCUT2D eigenvalue weighted by Gasteiger charge is -2.17. The predicted octanol–water partition coefficient (Wildman–Crippen LogP) is 3.86. The number of ether oxygens (including phenoxy) is 1. The first-order valence-corrected chi connectivity index (χ1v) is 9.19. The normalized spacial score (nSPS) is 10.9. The van der Waals surface area contributed by atoms with Gasteiger partial charge in [-0.15, -0.1) is 10.2 Å². The molecule has 0 aliphatic heterocycles. The van der Waals surface area contributed by atoms with Gasteiger partial charge in [-0.3, -0.25) is 9.69 Å². The standard InChI is InChI=1S/C20H21ClN4O3/c1-3-25(12-18(26)22-16-8-10-17(27-2)11-9-16)13-19-23-24-20(28-19)14-4-6-15(21)7-5-14/h4-11H,3,12-13H2,1-2H3,(H,22,26). The molecule has 1 aromatic heterocycles. The lowest BCUT2D eigenvalue weighted by atomic mass is 10.2. The van der Waals surface area contributed by atoms with E-state index in [1.54, 1.807) is 43.5 Å². The number of hydrogen-bond acceptors (Lipinski definition) is 6. The van der Waals surface area contributed by atoms with E-state index in [4.69, 9.17) is 20.8 Å². The highest BCUT2D eigenvalue weighted by Crippen LogP contribution is 2.20. The van der Waals surface area contributed by atoms with Crippen molar-refractivity contribution in [3.05, 3.63) is 59.4 Å². The Bertz CT molecular complexity index is 910. The number of nitrogens with one attached hydrogen (secondary N) is 1. The summed E-state index contributed by atoms with van der Waals surface area (Å²) in [6.45, 7) is 3.22. The molecule has 0 bridgehead atoms. The largest absolute Gasteiger partial charge is 0.497 e. The van der Waals surface area contributed by atoms with Crippen LogP contribution in [-0.4, -0.2) is 41.2 Å². The van der Waals surface area contributed by atoms with Crippen molar-refractivity contribution in [1.29, 1.82) is 0 Å². The van der Waals surface area contributed by atoms with Crippen LogP contribution in [0.15, 0.2) is 52.9 Å². The minimum absolute atomic E-state index is 0.121. The summed E-state index contributed by atoms with van der Waals surface area (Å²) >= 11 is 5.90. The highest BCUT2D eigenvalue weighted by molar-refractivity contribution is 6.30. The molecule has 7 nitrogen and oxygen atoms in total. The van der Waals surface area contributed by atoms with Crippen molar-refractivity contribution in [3.63, 3.8) is 0 Å². The van der Waals surface area contributed by atoms with Crippen molar-refractivity contribution in [2.24, 2.45) is 0 Å². The van der Waals surface area contributed by atoms with E-state index in [0.29, 0.717) is 35.6 Å². The Balaban J connectivity index is 1.57. The third kappa shape index (κ3) is 5.31. The SMILES string of the molecule is CCN(CC(=O)Nc1ccc(OC)cc1)Cc1nnc(-c2ccc(Cl)cc2)o1. The van der Waals surface area contributed by atoms with Gasteiger partial charge in [-0.1, -0.05) is 18.5 Å². The molecular weight excluding hydrogens is 380 g/mol. The number of carbonyl (C=O) groups is 1. The highest BCUT2D eigenvalue weighted by Gasteiger charge is 2.15. The van der Waals surface area contributed by atoms with E-state index in [-0.39, 0.29) is 12.5 Å². The molecule has 3 aromatic rings. The van der Waals surface area contributed by atoms with E-state index in [0.717, 1.165) is 11.3 Å². The second kappa shape index (κ2) is 9.34. The molecule has 1 N–H and O–H groups in total.